The highest BCUT2D eigenvalue weighted by Gasteiger charge is 2.29. The van der Waals surface area contributed by atoms with Crippen LogP contribution in [0.25, 0.3) is 0 Å². The predicted molar refractivity (Wildman–Crippen MR) is 123 cm³/mol. The molecular formula is C24H31N3O3S. The Kier molecular flexibility index (Phi) is 7.85. The Balaban J connectivity index is 1.47. The quantitative estimate of drug-likeness (QED) is 0.564. The molecule has 1 atom stereocenters. The number of carbonyl (C=O) groups excluding carboxylic acids is 1. The van der Waals surface area contributed by atoms with Crippen LogP contribution in [-0.4, -0.2) is 37.6 Å². The first-order valence-electron chi connectivity index (χ1n) is 10.9. The average Bonchev–Trinajstić information content (AvgIpc) is 3.04. The van der Waals surface area contributed by atoms with E-state index in [1.54, 1.807) is 24.3 Å². The number of hydrogen-bond donors (Lipinski definition) is 1. The molecule has 0 radical (unpaired) electrons. The number of amidine groups is 1. The zero-order chi connectivity index (χ0) is 22.3. The van der Waals surface area contributed by atoms with Gasteiger partial charge in [0.15, 0.2) is 0 Å². The van der Waals surface area contributed by atoms with Gasteiger partial charge in [-0.05, 0) is 43.9 Å². The Labute approximate surface area is 185 Å². The highest BCUT2D eigenvalue weighted by Crippen LogP contribution is 2.22. The lowest BCUT2D eigenvalue weighted by molar-refractivity contribution is -0.134. The van der Waals surface area contributed by atoms with Crippen LogP contribution in [-0.2, 0) is 21.4 Å². The Morgan fingerprint density at radius 3 is 2.48 bits per heavy atom. The van der Waals surface area contributed by atoms with Crippen molar-refractivity contribution in [3.63, 3.8) is 0 Å². The number of sulfonamides is 1. The largest absolute Gasteiger partial charge is 0.336 e. The van der Waals surface area contributed by atoms with Gasteiger partial charge in [-0.2, -0.15) is 0 Å². The van der Waals surface area contributed by atoms with Crippen LogP contribution in [0.5, 0.6) is 0 Å². The summed E-state index contributed by atoms with van der Waals surface area (Å²) in [6, 6.07) is 17.2. The molecule has 1 aliphatic heterocycles. The maximum Gasteiger partial charge on any atom is 0.263 e. The number of rotatable bonds is 10. The number of nitrogens with one attached hydrogen (secondary N) is 1. The smallest absolute Gasteiger partial charge is 0.263 e. The van der Waals surface area contributed by atoms with Gasteiger partial charge in [0.2, 0.25) is 5.91 Å². The summed E-state index contributed by atoms with van der Waals surface area (Å²) in [5, 5.41) is 0. The number of nitrogens with zero attached hydrogens (tertiary/aromatic N) is 2. The fourth-order valence-corrected chi connectivity index (χ4v) is 4.89. The average molecular weight is 442 g/mol. The first-order chi connectivity index (χ1) is 14.9. The first kappa shape index (κ1) is 23.0. The SMILES string of the molecule is CCC(C)N(Cc1ccccc1)C(=O)CCCCCN=C1NS(=O)(=O)c2ccccc21. The minimum atomic E-state index is -3.49. The van der Waals surface area contributed by atoms with Gasteiger partial charge in [0.1, 0.15) is 5.84 Å². The third-order valence-electron chi connectivity index (χ3n) is 5.62. The van der Waals surface area contributed by atoms with Crippen LogP contribution in [0.15, 0.2) is 64.5 Å². The van der Waals surface area contributed by atoms with Gasteiger partial charge in [-0.1, -0.05) is 55.8 Å². The lowest BCUT2D eigenvalue weighted by atomic mass is 10.1. The number of hydrogen-bond acceptors (Lipinski definition) is 4. The first-order valence-corrected chi connectivity index (χ1v) is 12.4. The van der Waals surface area contributed by atoms with Gasteiger partial charge in [-0.25, -0.2) is 8.42 Å². The molecule has 1 aliphatic rings. The topological polar surface area (TPSA) is 78.8 Å². The molecular weight excluding hydrogens is 410 g/mol. The van der Waals surface area contributed by atoms with E-state index in [2.05, 4.69) is 35.7 Å². The molecule has 7 heteroatoms. The van der Waals surface area contributed by atoms with Crippen LogP contribution in [0, 0.1) is 0 Å². The summed E-state index contributed by atoms with van der Waals surface area (Å²) in [5.74, 6) is 0.597. The molecule has 1 amide bonds. The second-order valence-electron chi connectivity index (χ2n) is 7.91. The molecule has 0 spiro atoms. The van der Waals surface area contributed by atoms with Crippen LogP contribution >= 0.6 is 0 Å². The number of amides is 1. The van der Waals surface area contributed by atoms with Crippen LogP contribution in [0.1, 0.15) is 57.1 Å². The van der Waals surface area contributed by atoms with Crippen LogP contribution in [0.3, 0.4) is 0 Å². The van der Waals surface area contributed by atoms with Crippen molar-refractivity contribution in [2.45, 2.75) is 63.4 Å². The Morgan fingerprint density at radius 1 is 1.03 bits per heavy atom. The van der Waals surface area contributed by atoms with Gasteiger partial charge < -0.3 is 4.90 Å². The molecule has 0 aliphatic carbocycles. The van der Waals surface area contributed by atoms with E-state index >= 15 is 0 Å². The summed E-state index contributed by atoms with van der Waals surface area (Å²) >= 11 is 0. The minimum Gasteiger partial charge on any atom is -0.336 e. The monoisotopic (exact) mass is 441 g/mol. The Bertz CT molecular complexity index is 1020. The minimum absolute atomic E-state index is 0.182. The highest BCUT2D eigenvalue weighted by atomic mass is 32.2. The van der Waals surface area contributed by atoms with E-state index in [4.69, 9.17) is 0 Å². The van der Waals surface area contributed by atoms with E-state index in [1.165, 1.54) is 0 Å². The molecule has 0 saturated carbocycles. The van der Waals surface area contributed by atoms with Crippen LogP contribution in [0.2, 0.25) is 0 Å². The molecule has 6 nitrogen and oxygen atoms in total. The fraction of sp³-hybridized carbons (Fsp3) is 0.417. The van der Waals surface area contributed by atoms with Gasteiger partial charge in [-0.3, -0.25) is 14.5 Å². The lowest BCUT2D eigenvalue weighted by Gasteiger charge is -2.29. The number of carbonyl (C=O) groups is 1. The molecule has 1 N–H and O–H groups in total. The summed E-state index contributed by atoms with van der Waals surface area (Å²) < 4.78 is 26.8. The number of fused-ring (bicyclic) bond motifs is 1. The van der Waals surface area contributed by atoms with Crippen molar-refractivity contribution >= 4 is 21.8 Å². The summed E-state index contributed by atoms with van der Waals surface area (Å²) in [6.45, 7) is 5.36. The molecule has 1 heterocycles. The normalized spacial score (nSPS) is 16.5. The second kappa shape index (κ2) is 10.6. The van der Waals surface area contributed by atoms with Gasteiger partial charge in [-0.15, -0.1) is 0 Å². The molecule has 0 saturated heterocycles. The third kappa shape index (κ3) is 5.94. The van der Waals surface area contributed by atoms with Crippen molar-refractivity contribution in [2.24, 2.45) is 4.99 Å². The number of aliphatic imine (C=N–C) groups is 1. The molecule has 0 fully saturated rings. The summed E-state index contributed by atoms with van der Waals surface area (Å²) in [4.78, 5) is 19.5. The molecule has 3 rings (SSSR count). The Morgan fingerprint density at radius 2 is 1.74 bits per heavy atom. The van der Waals surface area contributed by atoms with E-state index in [0.717, 1.165) is 31.2 Å². The molecule has 166 valence electrons. The second-order valence-corrected chi connectivity index (χ2v) is 9.56. The van der Waals surface area contributed by atoms with Gasteiger partial charge >= 0.3 is 0 Å². The van der Waals surface area contributed by atoms with Crippen molar-refractivity contribution in [3.05, 3.63) is 65.7 Å². The predicted octanol–water partition coefficient (Wildman–Crippen LogP) is 4.11. The molecule has 31 heavy (non-hydrogen) atoms. The van der Waals surface area contributed by atoms with Crippen LogP contribution in [0.4, 0.5) is 0 Å². The van der Waals surface area contributed by atoms with Gasteiger partial charge in [0, 0.05) is 31.1 Å². The zero-order valence-corrected chi connectivity index (χ0v) is 19.1. The molecule has 0 bridgehead atoms. The summed E-state index contributed by atoms with van der Waals surface area (Å²) in [6.07, 6.45) is 3.92. The maximum absolute atomic E-state index is 12.8. The van der Waals surface area contributed by atoms with Gasteiger partial charge in [0.05, 0.1) is 4.90 Å². The van der Waals surface area contributed by atoms with Crippen molar-refractivity contribution in [3.8, 4) is 0 Å². The standard InChI is InChI=1S/C24H31N3O3S/c1-3-19(2)27(18-20-12-6-4-7-13-20)23(28)16-8-5-11-17-25-24-21-14-9-10-15-22(21)31(29,30)26-24/h4,6-7,9-10,12-15,19H,3,5,8,11,16-18H2,1-2H3,(H,25,26). The lowest BCUT2D eigenvalue weighted by Crippen LogP contribution is -2.37. The van der Waals surface area contributed by atoms with E-state index in [9.17, 15) is 13.2 Å². The highest BCUT2D eigenvalue weighted by molar-refractivity contribution is 7.90. The van der Waals surface area contributed by atoms with Gasteiger partial charge in [0.25, 0.3) is 10.0 Å². The third-order valence-corrected chi connectivity index (χ3v) is 7.02. The number of unbranched alkanes of at least 4 members (excludes halogenated alkanes) is 2. The molecule has 2 aromatic carbocycles. The van der Waals surface area contributed by atoms with Crippen molar-refractivity contribution in [1.82, 2.24) is 9.62 Å². The summed E-state index contributed by atoms with van der Waals surface area (Å²) in [5.41, 5.74) is 1.77. The number of benzene rings is 2. The van der Waals surface area contributed by atoms with E-state index < -0.39 is 10.0 Å². The molecule has 1 unspecified atom stereocenters. The Hall–Kier alpha value is -2.67. The van der Waals surface area contributed by atoms with E-state index in [1.807, 2.05) is 23.1 Å². The maximum atomic E-state index is 12.8. The van der Waals surface area contributed by atoms with Crippen molar-refractivity contribution in [1.29, 1.82) is 0 Å². The van der Waals surface area contributed by atoms with E-state index in [-0.39, 0.29) is 16.8 Å². The summed E-state index contributed by atoms with van der Waals surface area (Å²) in [7, 11) is -3.49. The van der Waals surface area contributed by atoms with Crippen molar-refractivity contribution < 1.29 is 13.2 Å². The fourth-order valence-electron chi connectivity index (χ4n) is 3.64. The van der Waals surface area contributed by atoms with E-state index in [0.29, 0.717) is 30.9 Å². The zero-order valence-electron chi connectivity index (χ0n) is 18.3. The van der Waals surface area contributed by atoms with Crippen molar-refractivity contribution in [2.75, 3.05) is 6.54 Å². The molecule has 2 aromatic rings. The molecule has 0 aromatic heterocycles. The van der Waals surface area contributed by atoms with Crippen LogP contribution < -0.4 is 4.72 Å².